The van der Waals surface area contributed by atoms with E-state index in [1.54, 1.807) is 18.2 Å². The van der Waals surface area contributed by atoms with Crippen LogP contribution >= 0.6 is 11.3 Å². The molecule has 8 aromatic carbocycles. The number of nitrogens with zero attached hydrogens (tertiary/aromatic N) is 2. The van der Waals surface area contributed by atoms with Crippen molar-refractivity contribution in [2.75, 3.05) is 0 Å². The fourth-order valence-corrected chi connectivity index (χ4v) is 10.3. The summed E-state index contributed by atoms with van der Waals surface area (Å²) in [5.74, 6) is -0.857. The fraction of sp³-hybridized carbons (Fsp3) is 0.109. The molecule has 1 aliphatic carbocycles. The van der Waals surface area contributed by atoms with Crippen LogP contribution in [-0.4, -0.2) is 9.38 Å². The number of imidazole rings is 1. The zero-order valence-electron chi connectivity index (χ0n) is 46.1. The van der Waals surface area contributed by atoms with Crippen LogP contribution in [0.15, 0.2) is 152 Å². The molecule has 0 saturated heterocycles. The van der Waals surface area contributed by atoms with Crippen molar-refractivity contribution >= 4 is 37.5 Å². The SMILES string of the molecule is [2H]C([2H])([2H])c1ccc2c(c1)Oc1c(cc(-c3c(C([2H])([2H])[2H])ccc4c3nc3sc5ccccc5n34)c(C([2H])([2H])[2H])c1-c1ccc3c(c1)-c1ccccc1-c1ccccc1-c1ccccc1-3)C2(C([2H])([2H])[2H])C([2H])([2H])[2H]. The molecule has 0 N–H and O–H groups in total. The van der Waals surface area contributed by atoms with Crippen molar-refractivity contribution in [2.24, 2.45) is 0 Å². The first-order chi connectivity index (χ1) is 34.9. The third-order valence-electron chi connectivity index (χ3n) is 11.9. The summed E-state index contributed by atoms with van der Waals surface area (Å²) >= 11 is 1.33. The van der Waals surface area contributed by atoms with Crippen LogP contribution in [0.2, 0.25) is 0 Å². The van der Waals surface area contributed by atoms with Gasteiger partial charge in [-0.25, -0.2) is 4.98 Å². The summed E-state index contributed by atoms with van der Waals surface area (Å²) in [6, 6.07) is 44.0. The Morgan fingerprint density at radius 2 is 1.24 bits per heavy atom. The Morgan fingerprint density at radius 3 is 1.92 bits per heavy atom. The van der Waals surface area contributed by atoms with Gasteiger partial charge in [0.2, 0.25) is 0 Å². The number of benzene rings is 8. The highest BCUT2D eigenvalue weighted by Crippen LogP contribution is 2.56. The molecular formula is C55H40N2OS. The molecule has 1 aliphatic heterocycles. The lowest BCUT2D eigenvalue weighted by molar-refractivity contribution is 0.419. The third kappa shape index (κ3) is 4.84. The fourth-order valence-electron chi connectivity index (χ4n) is 9.23. The van der Waals surface area contributed by atoms with E-state index in [2.05, 4.69) is 6.07 Å². The van der Waals surface area contributed by atoms with Gasteiger partial charge in [0.1, 0.15) is 11.5 Å². The Kier molecular flexibility index (Phi) is 4.70. The van der Waals surface area contributed by atoms with E-state index in [9.17, 15) is 12.3 Å². The molecule has 10 aromatic rings. The predicted octanol–water partition coefficient (Wildman–Crippen LogP) is 15.4. The smallest absolute Gasteiger partial charge is 0.195 e. The van der Waals surface area contributed by atoms with Gasteiger partial charge in [-0.15, -0.1) is 0 Å². The normalized spacial score (nSPS) is 18.3. The van der Waals surface area contributed by atoms with Gasteiger partial charge < -0.3 is 4.74 Å². The molecular weight excluding hydrogens is 737 g/mol. The second kappa shape index (κ2) is 12.4. The Bertz CT molecular complexity index is 3980. The van der Waals surface area contributed by atoms with Crippen molar-refractivity contribution in [2.45, 2.75) is 39.7 Å². The van der Waals surface area contributed by atoms with Gasteiger partial charge in [-0.3, -0.25) is 4.40 Å². The highest BCUT2D eigenvalue weighted by atomic mass is 32.1. The predicted molar refractivity (Wildman–Crippen MR) is 247 cm³/mol. The lowest BCUT2D eigenvalue weighted by Crippen LogP contribution is -2.25. The largest absolute Gasteiger partial charge is 0.456 e. The van der Waals surface area contributed by atoms with Crippen LogP contribution in [0.3, 0.4) is 0 Å². The summed E-state index contributed by atoms with van der Waals surface area (Å²) in [7, 11) is 0. The van der Waals surface area contributed by atoms with Crippen LogP contribution in [-0.2, 0) is 5.41 Å². The minimum absolute atomic E-state index is 0.0854. The van der Waals surface area contributed by atoms with Gasteiger partial charge in [-0.1, -0.05) is 140 Å². The molecule has 0 fully saturated rings. The summed E-state index contributed by atoms with van der Waals surface area (Å²) in [4.78, 5) is 5.49. The Labute approximate surface area is 368 Å². The van der Waals surface area contributed by atoms with E-state index < -0.39 is 62.3 Å². The third-order valence-corrected chi connectivity index (χ3v) is 12.9. The van der Waals surface area contributed by atoms with Crippen LogP contribution < -0.4 is 4.74 Å². The maximum Gasteiger partial charge on any atom is 0.195 e. The van der Waals surface area contributed by atoms with Crippen molar-refractivity contribution in [3.8, 4) is 78.3 Å². The molecule has 3 heterocycles. The molecule has 0 radical (unpaired) electrons. The number of para-hydroxylation sites is 1. The van der Waals surface area contributed by atoms with E-state index in [1.807, 2.05) is 101 Å². The zero-order chi connectivity index (χ0) is 52.2. The molecule has 2 aliphatic rings. The number of hydrogen-bond donors (Lipinski definition) is 0. The minimum Gasteiger partial charge on any atom is -0.456 e. The summed E-state index contributed by atoms with van der Waals surface area (Å²) in [6.07, 6.45) is 0. The number of thiazole rings is 1. The van der Waals surface area contributed by atoms with E-state index >= 15 is 0 Å². The molecule has 59 heavy (non-hydrogen) atoms. The van der Waals surface area contributed by atoms with Crippen molar-refractivity contribution in [3.05, 3.63) is 179 Å². The first-order valence-electron chi connectivity index (χ1n) is 26.7. The zero-order valence-corrected chi connectivity index (χ0v) is 32.0. The van der Waals surface area contributed by atoms with Crippen LogP contribution in [0, 0.1) is 20.6 Å². The number of rotatable bonds is 2. The topological polar surface area (TPSA) is 26.5 Å². The molecule has 2 aromatic heterocycles. The lowest BCUT2D eigenvalue weighted by Gasteiger charge is -2.37. The van der Waals surface area contributed by atoms with E-state index in [0.717, 1.165) is 73.4 Å². The molecule has 0 spiro atoms. The van der Waals surface area contributed by atoms with Gasteiger partial charge in [0, 0.05) is 48.2 Å². The molecule has 0 bridgehead atoms. The Morgan fingerprint density at radius 1 is 0.559 bits per heavy atom. The average molecular weight is 792 g/mol. The van der Waals surface area contributed by atoms with Crippen LogP contribution in [0.25, 0.3) is 93.0 Å². The van der Waals surface area contributed by atoms with Gasteiger partial charge in [0.25, 0.3) is 0 Å². The number of aryl methyl sites for hydroxylation is 2. The lowest BCUT2D eigenvalue weighted by atomic mass is 9.72. The average Bonchev–Trinajstić information content (AvgIpc) is 3.89. The molecule has 4 heteroatoms. The number of hydrogen-bond acceptors (Lipinski definition) is 3. The number of fused-ring (bicyclic) bond motifs is 15. The second-order valence-electron chi connectivity index (χ2n) is 15.2. The second-order valence-corrected chi connectivity index (χ2v) is 16.2. The standard InChI is InChI=1S/C55H40N2OS/c1-31-22-26-44-48(28-31)58-53-45(55(44,4)5)30-42(50-32(2)23-27-47-52(50)56-54-57(47)46-20-12-13-21-49(46)59-54)33(3)51(53)34-24-25-41-39-18-9-8-16-37(39)35-14-6-7-15-36(35)38-17-10-11-19-40(38)43(41)29-34/h6-30H,1-5H3/i1D3,2D3,3D3,4D3,5D3. The Hall–Kier alpha value is -6.75. The number of aromatic nitrogens is 2. The minimum atomic E-state index is -3.49. The maximum absolute atomic E-state index is 9.56. The van der Waals surface area contributed by atoms with E-state index in [0.29, 0.717) is 16.0 Å². The highest BCUT2D eigenvalue weighted by Gasteiger charge is 2.38. The van der Waals surface area contributed by atoms with Gasteiger partial charge in [-0.05, 0) is 129 Å². The summed E-state index contributed by atoms with van der Waals surface area (Å²) in [5, 5.41) is 0. The monoisotopic (exact) mass is 791 g/mol. The molecule has 3 nitrogen and oxygen atoms in total. The number of ether oxygens (including phenoxy) is 1. The van der Waals surface area contributed by atoms with Crippen LogP contribution in [0.1, 0.15) is 62.1 Å². The van der Waals surface area contributed by atoms with Crippen molar-refractivity contribution < 1.29 is 25.3 Å². The highest BCUT2D eigenvalue weighted by molar-refractivity contribution is 7.23. The maximum atomic E-state index is 9.56. The Balaban J connectivity index is 1.30. The summed E-state index contributed by atoms with van der Waals surface area (Å²) in [5.41, 5.74) is 2.48. The first kappa shape index (κ1) is 22.4. The van der Waals surface area contributed by atoms with E-state index in [4.69, 9.17) is 17.9 Å². The molecule has 0 unspecified atom stereocenters. The van der Waals surface area contributed by atoms with Crippen LogP contribution in [0.4, 0.5) is 0 Å². The van der Waals surface area contributed by atoms with Crippen molar-refractivity contribution in [1.82, 2.24) is 9.38 Å². The van der Waals surface area contributed by atoms with Gasteiger partial charge in [-0.2, -0.15) is 0 Å². The molecule has 282 valence electrons. The quantitative estimate of drug-likeness (QED) is 0.174. The van der Waals surface area contributed by atoms with E-state index in [1.165, 1.54) is 17.4 Å². The summed E-state index contributed by atoms with van der Waals surface area (Å²) < 4.78 is 146. The van der Waals surface area contributed by atoms with E-state index in [-0.39, 0.29) is 44.5 Å². The molecule has 0 atom stereocenters. The van der Waals surface area contributed by atoms with Crippen molar-refractivity contribution in [1.29, 1.82) is 0 Å². The van der Waals surface area contributed by atoms with Gasteiger partial charge >= 0.3 is 0 Å². The van der Waals surface area contributed by atoms with Crippen LogP contribution in [0.5, 0.6) is 11.5 Å². The molecule has 12 rings (SSSR count). The van der Waals surface area contributed by atoms with Crippen molar-refractivity contribution in [3.63, 3.8) is 0 Å². The molecule has 0 saturated carbocycles. The van der Waals surface area contributed by atoms with Gasteiger partial charge in [0.05, 0.1) is 21.3 Å². The molecule has 0 amide bonds. The summed E-state index contributed by atoms with van der Waals surface area (Å²) in [6.45, 7) is -15.8. The first-order valence-corrected chi connectivity index (χ1v) is 20.0. The van der Waals surface area contributed by atoms with Gasteiger partial charge in [0.15, 0.2) is 4.96 Å².